The molecule has 680 valence electrons. The summed E-state index contributed by atoms with van der Waals surface area (Å²) in [6, 6.07) is 146. The molecule has 18 nitrogen and oxygen atoms in total. The Kier molecular flexibility index (Phi) is 22.1. The van der Waals surface area contributed by atoms with E-state index in [1.807, 2.05) is 115 Å². The van der Waals surface area contributed by atoms with Crippen LogP contribution in [0.5, 0.6) is 0 Å². The molecule has 0 saturated carbocycles. The molecule has 0 N–H and O–H groups in total. The minimum atomic E-state index is 0.568. The first-order valence-electron chi connectivity index (χ1n) is 47.5. The van der Waals surface area contributed by atoms with Crippen LogP contribution in [0, 0.1) is 13.8 Å². The average Bonchev–Trinajstić information content (AvgIpc) is 1.59. The lowest BCUT2D eigenvalue weighted by Crippen LogP contribution is -2.01. The van der Waals surface area contributed by atoms with E-state index in [-0.39, 0.29) is 0 Å². The molecule has 0 aliphatic carbocycles. The number of hydrogen-bond acceptors (Lipinski definition) is 21. The van der Waals surface area contributed by atoms with E-state index in [1.54, 1.807) is 0 Å². The monoisotopic (exact) mass is 1910 g/mol. The van der Waals surface area contributed by atoms with Crippen LogP contribution in [0.15, 0.2) is 425 Å². The number of pyridine rings is 3. The van der Waals surface area contributed by atoms with Crippen LogP contribution < -0.4 is 0 Å². The first-order valence-corrected chi connectivity index (χ1v) is 49.7. The molecular formula is C124H76N18S3. The van der Waals surface area contributed by atoms with Crippen molar-refractivity contribution in [2.45, 2.75) is 13.8 Å². The van der Waals surface area contributed by atoms with E-state index >= 15 is 0 Å². The predicted molar refractivity (Wildman–Crippen MR) is 591 cm³/mol. The minimum absolute atomic E-state index is 0.568. The van der Waals surface area contributed by atoms with Crippen molar-refractivity contribution in [3.8, 4) is 159 Å². The summed E-state index contributed by atoms with van der Waals surface area (Å²) in [5.41, 5.74) is 28.5. The van der Waals surface area contributed by atoms with Gasteiger partial charge >= 0.3 is 0 Å². The zero-order valence-corrected chi connectivity index (χ0v) is 80.1. The second-order valence-corrected chi connectivity index (χ2v) is 37.3. The highest BCUT2D eigenvalue weighted by Gasteiger charge is 2.25. The highest BCUT2D eigenvalue weighted by molar-refractivity contribution is 7.00. The highest BCUT2D eigenvalue weighted by Crippen LogP contribution is 2.45. The van der Waals surface area contributed by atoms with Crippen molar-refractivity contribution in [3.63, 3.8) is 0 Å². The molecule has 0 spiro atoms. The lowest BCUT2D eigenvalue weighted by molar-refractivity contribution is 1.07. The number of hydrogen-bond donors (Lipinski definition) is 0. The van der Waals surface area contributed by atoms with E-state index in [2.05, 4.69) is 341 Å². The Bertz CT molecular complexity index is 9700. The number of aryl methyl sites for hydroxylation is 2. The third-order valence-electron chi connectivity index (χ3n) is 26.4. The van der Waals surface area contributed by atoms with Gasteiger partial charge in [-0.05, 0) is 143 Å². The maximum Gasteiger partial charge on any atom is 0.164 e. The topological polar surface area (TPSA) is 232 Å². The molecule has 0 bridgehead atoms. The summed E-state index contributed by atoms with van der Waals surface area (Å²) in [5.74, 6) is 5.44. The van der Waals surface area contributed by atoms with Gasteiger partial charge in [0, 0.05) is 115 Å². The molecule has 28 rings (SSSR count). The quantitative estimate of drug-likeness (QED) is 0.0921. The van der Waals surface area contributed by atoms with E-state index in [4.69, 9.17) is 68.6 Å². The van der Waals surface area contributed by atoms with Crippen LogP contribution in [-0.2, 0) is 0 Å². The summed E-state index contributed by atoms with van der Waals surface area (Å²) in [6.07, 6.45) is 0. The minimum Gasteiger partial charge on any atom is -0.247 e. The first-order chi connectivity index (χ1) is 71.6. The molecular weight excluding hydrogens is 1840 g/mol. The van der Waals surface area contributed by atoms with Crippen molar-refractivity contribution < 1.29 is 0 Å². The predicted octanol–water partition coefficient (Wildman–Crippen LogP) is 31.0. The van der Waals surface area contributed by atoms with Crippen LogP contribution in [0.25, 0.3) is 278 Å². The molecule has 0 aliphatic heterocycles. The van der Waals surface area contributed by atoms with E-state index in [0.717, 1.165) is 215 Å². The Morgan fingerprint density at radius 3 is 0.697 bits per heavy atom. The van der Waals surface area contributed by atoms with E-state index in [0.29, 0.717) is 52.4 Å². The molecule has 0 aliphatic rings. The fourth-order valence-electron chi connectivity index (χ4n) is 19.2. The van der Waals surface area contributed by atoms with Gasteiger partial charge in [0.05, 0.1) is 68.8 Å². The van der Waals surface area contributed by atoms with Crippen molar-refractivity contribution >= 4 is 155 Å². The Hall–Kier alpha value is -18.8. The van der Waals surface area contributed by atoms with Crippen molar-refractivity contribution in [3.05, 3.63) is 436 Å². The van der Waals surface area contributed by atoms with Gasteiger partial charge in [-0.25, -0.2) is 59.8 Å². The zero-order valence-electron chi connectivity index (χ0n) is 77.7. The Morgan fingerprint density at radius 1 is 0.145 bits per heavy atom. The summed E-state index contributed by atoms with van der Waals surface area (Å²) < 4.78 is 27.7. The van der Waals surface area contributed by atoms with Crippen LogP contribution in [0.1, 0.15) is 11.1 Å². The maximum atomic E-state index is 5.29. The zero-order chi connectivity index (χ0) is 96.4. The molecule has 28 aromatic rings. The standard InChI is InChI=1S/C46H28N6S.C42H24N6S.C36H24N6S/c1-5-13-29(14-6-1)34-25-35(30-15-7-2-8-16-30)27-36(26-34)46-49-44(32-19-11-4-12-20-32)48-45(50-46)33-21-22-37-40(28-33)47-42(31-17-9-3-10-18-31)38-23-24-39-43(41(37)38)52-53-51-39;1-2-10-27(11-3-1)38-34-20-21-35-39(48-49-47-35)37(34)33-19-18-32(24-36(33)43-38)42-45-40(30-16-14-25-8-4-6-12-28(25)22-30)44-41(46-42)31-17-15-26-9-5-7-13-29(26)23-31;1-21-8-12-24(13-9-21)34-38-35(25-14-10-22(2)11-15-25)40-36(39-34)26-16-17-27-30(20-26)37-32(23-6-4-3-5-7-23)28-18-19-29-33(31(27)28)42-43-41-29/h1-28H;1-24H;3-20H,1-2H3. The van der Waals surface area contributed by atoms with Gasteiger partial charge < -0.3 is 0 Å². The largest absolute Gasteiger partial charge is 0.247 e. The number of fused-ring (bicyclic) bond motifs is 17. The van der Waals surface area contributed by atoms with Crippen molar-refractivity contribution in [1.29, 1.82) is 0 Å². The smallest absolute Gasteiger partial charge is 0.164 e. The molecule has 9 heterocycles. The van der Waals surface area contributed by atoms with Gasteiger partial charge in [-0.3, -0.25) is 0 Å². The first kappa shape index (κ1) is 86.5. The van der Waals surface area contributed by atoms with Crippen molar-refractivity contribution in [1.82, 2.24) is 86.0 Å². The van der Waals surface area contributed by atoms with Gasteiger partial charge in [0.25, 0.3) is 0 Å². The Balaban J connectivity index is 0.000000111. The van der Waals surface area contributed by atoms with E-state index in [1.165, 1.54) is 57.1 Å². The van der Waals surface area contributed by atoms with Gasteiger partial charge in [0.1, 0.15) is 33.1 Å². The molecule has 0 fully saturated rings. The molecule has 0 amide bonds. The van der Waals surface area contributed by atoms with Crippen LogP contribution in [-0.4, -0.2) is 86.0 Å². The van der Waals surface area contributed by atoms with Crippen LogP contribution >= 0.6 is 35.2 Å². The molecule has 0 atom stereocenters. The second kappa shape index (κ2) is 37.1. The van der Waals surface area contributed by atoms with Gasteiger partial charge in [-0.2, -0.15) is 26.2 Å². The third-order valence-corrected chi connectivity index (χ3v) is 28.1. The summed E-state index contributed by atoms with van der Waals surface area (Å²) in [6.45, 7) is 4.15. The van der Waals surface area contributed by atoms with Gasteiger partial charge in [0.2, 0.25) is 0 Å². The third kappa shape index (κ3) is 16.7. The molecule has 9 aromatic heterocycles. The van der Waals surface area contributed by atoms with Crippen molar-refractivity contribution in [2.24, 2.45) is 0 Å². The van der Waals surface area contributed by atoms with Crippen LogP contribution in [0.4, 0.5) is 0 Å². The molecule has 0 saturated heterocycles. The van der Waals surface area contributed by atoms with Gasteiger partial charge in [-0.15, -0.1) is 0 Å². The number of benzene rings is 19. The summed E-state index contributed by atoms with van der Waals surface area (Å²) in [7, 11) is 0. The summed E-state index contributed by atoms with van der Waals surface area (Å²) >= 11 is 3.69. The normalized spacial score (nSPS) is 11.5. The maximum absolute atomic E-state index is 5.29. The van der Waals surface area contributed by atoms with Crippen LogP contribution in [0.3, 0.4) is 0 Å². The number of aromatic nitrogens is 18. The molecule has 145 heavy (non-hydrogen) atoms. The highest BCUT2D eigenvalue weighted by atomic mass is 32.1. The number of nitrogens with zero attached hydrogens (tertiary/aromatic N) is 18. The second-order valence-electron chi connectivity index (χ2n) is 35.7. The van der Waals surface area contributed by atoms with Gasteiger partial charge in [0.15, 0.2) is 52.4 Å². The van der Waals surface area contributed by atoms with E-state index < -0.39 is 0 Å². The molecule has 19 aromatic carbocycles. The number of rotatable bonds is 14. The van der Waals surface area contributed by atoms with Crippen LogP contribution in [0.2, 0.25) is 0 Å². The molecule has 21 heteroatoms. The lowest BCUT2D eigenvalue weighted by Gasteiger charge is -2.13. The fraction of sp³-hybridized carbons (Fsp3) is 0.0161. The lowest BCUT2D eigenvalue weighted by atomic mass is 9.96. The van der Waals surface area contributed by atoms with Gasteiger partial charge in [-0.1, -0.05) is 351 Å². The molecule has 0 unspecified atom stereocenters. The fourth-order valence-corrected chi connectivity index (χ4v) is 20.8. The molecule has 0 radical (unpaired) electrons. The van der Waals surface area contributed by atoms with E-state index in [9.17, 15) is 0 Å². The average molecular weight is 1910 g/mol. The summed E-state index contributed by atoms with van der Waals surface area (Å²) in [5, 5.41) is 13.9. The SMILES string of the molecule is Cc1ccc(-c2nc(-c3ccc(C)cc3)nc(-c3ccc4c(c3)nc(-c3ccccc3)c3ccc5nsnc5c34)n2)cc1.c1ccc(-c2cc(-c3ccccc3)cc(-c3nc(-c4ccccc4)nc(-c4ccc5c(c4)nc(-c4ccccc4)c4ccc6nsnc6c45)n3)c2)cc1.c1ccc(-c2nc3cc(-c4nc(-c5ccc6ccccc6c5)nc(-c5ccc6ccccc6c5)n4)ccc3c3c2ccc2nsnc23)cc1. The Morgan fingerprint density at radius 2 is 0.379 bits per heavy atom. The van der Waals surface area contributed by atoms with Crippen molar-refractivity contribution in [2.75, 3.05) is 0 Å². The summed E-state index contributed by atoms with van der Waals surface area (Å²) in [4.78, 5) is 61.2. The Labute approximate surface area is 842 Å².